The number of hydrogen-bond donors (Lipinski definition) is 2. The maximum Gasteiger partial charge on any atom is 0.471 e. The lowest BCUT2D eigenvalue weighted by Gasteiger charge is -2.25. The third-order valence-electron chi connectivity index (χ3n) is 3.08. The third-order valence-corrected chi connectivity index (χ3v) is 3.08. The van der Waals surface area contributed by atoms with E-state index in [9.17, 15) is 22.8 Å². The van der Waals surface area contributed by atoms with Gasteiger partial charge in [0.1, 0.15) is 5.54 Å². The summed E-state index contributed by atoms with van der Waals surface area (Å²) in [4.78, 5) is 25.5. The fourth-order valence-electron chi connectivity index (χ4n) is 1.95. The summed E-state index contributed by atoms with van der Waals surface area (Å²) < 4.78 is 47.1. The molecule has 2 heterocycles. The van der Waals surface area contributed by atoms with E-state index in [1.165, 1.54) is 0 Å². The molecule has 0 aliphatic carbocycles. The lowest BCUT2D eigenvalue weighted by molar-refractivity contribution is -0.176. The lowest BCUT2D eigenvalue weighted by atomic mass is 9.97. The van der Waals surface area contributed by atoms with Gasteiger partial charge in [0, 0.05) is 19.4 Å². The summed E-state index contributed by atoms with van der Waals surface area (Å²) in [7, 11) is 0. The molecular weight excluding hydrogens is 311 g/mol. The molecule has 22 heavy (non-hydrogen) atoms. The molecule has 1 aliphatic rings. The van der Waals surface area contributed by atoms with Crippen LogP contribution in [0.15, 0.2) is 4.52 Å². The van der Waals surface area contributed by atoms with Gasteiger partial charge in [-0.1, -0.05) is 5.16 Å². The minimum Gasteiger partial charge on any atom is -0.481 e. The number of hydrogen-bond acceptors (Lipinski definition) is 6. The van der Waals surface area contributed by atoms with E-state index in [2.05, 4.69) is 10.1 Å². The highest BCUT2D eigenvalue weighted by atomic mass is 19.4. The Morgan fingerprint density at radius 1 is 1.41 bits per heavy atom. The second-order valence-electron chi connectivity index (χ2n) is 4.74. The lowest BCUT2D eigenvalue weighted by Crippen LogP contribution is -2.51. The molecule has 8 nitrogen and oxygen atoms in total. The molecule has 0 aromatic carbocycles. The number of aromatic nitrogens is 2. The maximum atomic E-state index is 12.4. The van der Waals surface area contributed by atoms with Crippen molar-refractivity contribution >= 4 is 11.9 Å². The van der Waals surface area contributed by atoms with E-state index in [0.717, 1.165) is 0 Å². The first kappa shape index (κ1) is 16.2. The van der Waals surface area contributed by atoms with Crippen LogP contribution in [-0.2, 0) is 26.3 Å². The van der Waals surface area contributed by atoms with Crippen molar-refractivity contribution in [2.24, 2.45) is 0 Å². The van der Waals surface area contributed by atoms with E-state index >= 15 is 0 Å². The van der Waals surface area contributed by atoms with Gasteiger partial charge in [0.15, 0.2) is 5.82 Å². The Bertz CT molecular complexity index is 566. The van der Waals surface area contributed by atoms with Crippen LogP contribution in [0.25, 0.3) is 0 Å². The van der Waals surface area contributed by atoms with Crippen molar-refractivity contribution in [2.45, 2.75) is 31.0 Å². The van der Waals surface area contributed by atoms with Crippen LogP contribution in [0, 0.1) is 0 Å². The molecule has 1 saturated heterocycles. The normalized spacial score (nSPS) is 21.8. The average Bonchev–Trinajstić information content (AvgIpc) is 3.04. The second kappa shape index (κ2) is 5.91. The highest BCUT2D eigenvalue weighted by Crippen LogP contribution is 2.30. The fourth-order valence-corrected chi connectivity index (χ4v) is 1.95. The van der Waals surface area contributed by atoms with Gasteiger partial charge in [-0.25, -0.2) is 0 Å². The van der Waals surface area contributed by atoms with Gasteiger partial charge in [0.05, 0.1) is 13.0 Å². The Balaban J connectivity index is 2.17. The van der Waals surface area contributed by atoms with Gasteiger partial charge in [-0.2, -0.15) is 18.2 Å². The number of carboxylic acids is 1. The van der Waals surface area contributed by atoms with Gasteiger partial charge in [-0.3, -0.25) is 9.59 Å². The molecule has 2 rings (SSSR count). The zero-order valence-electron chi connectivity index (χ0n) is 11.1. The van der Waals surface area contributed by atoms with Gasteiger partial charge >= 0.3 is 18.1 Å². The molecule has 122 valence electrons. The molecule has 0 radical (unpaired) electrons. The molecule has 0 bridgehead atoms. The first-order valence-corrected chi connectivity index (χ1v) is 6.25. The highest BCUT2D eigenvalue weighted by molar-refractivity contribution is 5.82. The van der Waals surface area contributed by atoms with E-state index in [4.69, 9.17) is 14.4 Å². The zero-order chi connectivity index (χ0) is 16.4. The van der Waals surface area contributed by atoms with Crippen LogP contribution in [0.5, 0.6) is 0 Å². The van der Waals surface area contributed by atoms with Crippen molar-refractivity contribution in [1.82, 2.24) is 15.5 Å². The summed E-state index contributed by atoms with van der Waals surface area (Å²) in [6, 6.07) is 0. The number of amides is 1. The number of alkyl halides is 3. The van der Waals surface area contributed by atoms with Gasteiger partial charge in [-0.05, 0) is 0 Å². The van der Waals surface area contributed by atoms with E-state index in [-0.39, 0.29) is 44.2 Å². The molecule has 11 heteroatoms. The number of ether oxygens (including phenoxy) is 1. The Morgan fingerprint density at radius 2 is 2.14 bits per heavy atom. The number of carboxylic acid groups (broad SMARTS) is 1. The molecular formula is C11H12F3N3O5. The monoisotopic (exact) mass is 323 g/mol. The van der Waals surface area contributed by atoms with Gasteiger partial charge in [0.2, 0.25) is 5.89 Å². The minimum absolute atomic E-state index is 0.0371. The standard InChI is InChI=1S/C11H12F3N3O5/c12-11(13,14)9(20)16-10(3-4-21-5-10)8-15-6(22-17-8)1-2-7(18)19/h1-5H2,(H,16,20)(H,18,19). The number of carbonyl (C=O) groups is 2. The van der Waals surface area contributed by atoms with Crippen molar-refractivity contribution in [3.8, 4) is 0 Å². The summed E-state index contributed by atoms with van der Waals surface area (Å²) in [5.41, 5.74) is -1.53. The summed E-state index contributed by atoms with van der Waals surface area (Å²) in [5, 5.41) is 13.9. The molecule has 1 unspecified atom stereocenters. The van der Waals surface area contributed by atoms with E-state index in [1.807, 2.05) is 5.32 Å². The Morgan fingerprint density at radius 3 is 2.68 bits per heavy atom. The minimum atomic E-state index is -5.05. The summed E-state index contributed by atoms with van der Waals surface area (Å²) in [5.74, 6) is -3.41. The maximum absolute atomic E-state index is 12.4. The molecule has 2 N–H and O–H groups in total. The highest BCUT2D eigenvalue weighted by Gasteiger charge is 2.48. The average molecular weight is 323 g/mol. The van der Waals surface area contributed by atoms with Crippen LogP contribution in [0.2, 0.25) is 0 Å². The molecule has 1 aliphatic heterocycles. The molecule has 0 spiro atoms. The number of aryl methyl sites for hydroxylation is 1. The zero-order valence-corrected chi connectivity index (χ0v) is 11.1. The Labute approximate surface area is 121 Å². The smallest absolute Gasteiger partial charge is 0.471 e. The molecule has 1 aromatic rings. The summed E-state index contributed by atoms with van der Waals surface area (Å²) >= 11 is 0. The van der Waals surface area contributed by atoms with Crippen LogP contribution in [0.1, 0.15) is 24.6 Å². The topological polar surface area (TPSA) is 115 Å². The van der Waals surface area contributed by atoms with Gasteiger partial charge < -0.3 is 19.7 Å². The molecule has 1 fully saturated rings. The number of halogens is 3. The van der Waals surface area contributed by atoms with E-state index < -0.39 is 23.6 Å². The first-order chi connectivity index (χ1) is 10.2. The fraction of sp³-hybridized carbons (Fsp3) is 0.636. The van der Waals surface area contributed by atoms with E-state index in [1.54, 1.807) is 0 Å². The number of aliphatic carboxylic acids is 1. The predicted molar refractivity (Wildman–Crippen MR) is 61.6 cm³/mol. The van der Waals surface area contributed by atoms with Gasteiger partial charge in [-0.15, -0.1) is 0 Å². The number of nitrogens with one attached hydrogen (secondary N) is 1. The largest absolute Gasteiger partial charge is 0.481 e. The Kier molecular flexibility index (Phi) is 4.35. The predicted octanol–water partition coefficient (Wildman–Crippen LogP) is 0.381. The van der Waals surface area contributed by atoms with Crippen molar-refractivity contribution < 1.29 is 37.1 Å². The van der Waals surface area contributed by atoms with E-state index in [0.29, 0.717) is 0 Å². The summed E-state index contributed by atoms with van der Waals surface area (Å²) in [6.07, 6.45) is -5.33. The molecule has 1 aromatic heterocycles. The van der Waals surface area contributed by atoms with Gasteiger partial charge in [0.25, 0.3) is 0 Å². The molecule has 0 saturated carbocycles. The third kappa shape index (κ3) is 3.53. The second-order valence-corrected chi connectivity index (χ2v) is 4.74. The van der Waals surface area contributed by atoms with Crippen LogP contribution in [-0.4, -0.2) is 46.5 Å². The Hall–Kier alpha value is -2.17. The van der Waals surface area contributed by atoms with Crippen LogP contribution >= 0.6 is 0 Å². The SMILES string of the molecule is O=C(O)CCc1nc(C2(NC(=O)C(F)(F)F)CCOC2)no1. The summed E-state index contributed by atoms with van der Waals surface area (Å²) in [6.45, 7) is -0.107. The number of nitrogens with zero attached hydrogens (tertiary/aromatic N) is 2. The molecule has 1 atom stereocenters. The van der Waals surface area contributed by atoms with Crippen LogP contribution < -0.4 is 5.32 Å². The van der Waals surface area contributed by atoms with Crippen molar-refractivity contribution in [3.05, 3.63) is 11.7 Å². The van der Waals surface area contributed by atoms with Crippen LogP contribution in [0.3, 0.4) is 0 Å². The van der Waals surface area contributed by atoms with Crippen molar-refractivity contribution in [1.29, 1.82) is 0 Å². The quantitative estimate of drug-likeness (QED) is 0.805. The van der Waals surface area contributed by atoms with Crippen LogP contribution in [0.4, 0.5) is 13.2 Å². The number of rotatable bonds is 5. The van der Waals surface area contributed by atoms with Crippen molar-refractivity contribution in [3.63, 3.8) is 0 Å². The number of carbonyl (C=O) groups excluding carboxylic acids is 1. The first-order valence-electron chi connectivity index (χ1n) is 6.25. The molecule has 1 amide bonds. The van der Waals surface area contributed by atoms with Crippen molar-refractivity contribution in [2.75, 3.05) is 13.2 Å².